The second-order valence-electron chi connectivity index (χ2n) is 6.25. The van der Waals surface area contributed by atoms with Crippen LogP contribution in [0.3, 0.4) is 0 Å². The fraction of sp³-hybridized carbons (Fsp3) is 0.647. The van der Waals surface area contributed by atoms with Gasteiger partial charge in [-0.05, 0) is 25.8 Å². The second kappa shape index (κ2) is 9.43. The zero-order valence-corrected chi connectivity index (χ0v) is 14.8. The van der Waals surface area contributed by atoms with Crippen molar-refractivity contribution < 1.29 is 19.4 Å². The first-order chi connectivity index (χ1) is 12.1. The quantitative estimate of drug-likeness (QED) is 0.746. The van der Waals surface area contributed by atoms with Crippen LogP contribution < -0.4 is 5.32 Å². The first-order valence-corrected chi connectivity index (χ1v) is 8.55. The number of nitrogens with zero attached hydrogens (tertiary/aromatic N) is 3. The molecule has 25 heavy (non-hydrogen) atoms. The van der Waals surface area contributed by atoms with Gasteiger partial charge in [0.2, 0.25) is 0 Å². The maximum absolute atomic E-state index is 12.3. The number of carbonyl (C=O) groups excluding carboxylic acids is 2. The normalized spacial score (nSPS) is 21.2. The number of carbonyl (C=O) groups is 2. The average molecular weight is 350 g/mol. The van der Waals surface area contributed by atoms with Gasteiger partial charge in [0.15, 0.2) is 6.10 Å². The largest absolute Gasteiger partial charge is 0.450 e. The van der Waals surface area contributed by atoms with Crippen molar-refractivity contribution in [2.45, 2.75) is 51.3 Å². The molecule has 0 aromatic carbocycles. The van der Waals surface area contributed by atoms with E-state index in [1.807, 2.05) is 17.9 Å². The molecular weight excluding hydrogens is 324 g/mol. The minimum absolute atomic E-state index is 0.157. The van der Waals surface area contributed by atoms with Crippen LogP contribution in [-0.2, 0) is 20.9 Å². The number of hydrogen-bond acceptors (Lipinski definition) is 7. The molecule has 0 spiro atoms. The highest BCUT2D eigenvalue weighted by atomic mass is 16.6. The third kappa shape index (κ3) is 5.75. The number of aliphatic hydroxyl groups excluding tert-OH is 1. The maximum atomic E-state index is 12.3. The zero-order valence-electron chi connectivity index (χ0n) is 14.8. The number of aromatic nitrogens is 2. The SMILES string of the molecule is CO.Cc1ccnc(CN2CC(=O)OC(C(=O)NC3CCCC3)C2)n1. The number of nitrogens with one attached hydrogen (secondary N) is 1. The molecule has 1 aliphatic carbocycles. The van der Waals surface area contributed by atoms with E-state index < -0.39 is 6.10 Å². The summed E-state index contributed by atoms with van der Waals surface area (Å²) in [6.45, 7) is 2.86. The summed E-state index contributed by atoms with van der Waals surface area (Å²) in [4.78, 5) is 34.5. The van der Waals surface area contributed by atoms with Crippen molar-refractivity contribution >= 4 is 11.9 Å². The predicted octanol–water partition coefficient (Wildman–Crippen LogP) is 0.180. The van der Waals surface area contributed by atoms with Crippen molar-refractivity contribution in [1.82, 2.24) is 20.2 Å². The van der Waals surface area contributed by atoms with Crippen molar-refractivity contribution in [3.8, 4) is 0 Å². The molecule has 2 aliphatic rings. The van der Waals surface area contributed by atoms with Gasteiger partial charge in [0.05, 0.1) is 13.1 Å². The van der Waals surface area contributed by atoms with Gasteiger partial charge in [-0.1, -0.05) is 12.8 Å². The molecule has 1 amide bonds. The minimum atomic E-state index is -0.748. The fourth-order valence-electron chi connectivity index (χ4n) is 3.11. The number of amides is 1. The molecule has 1 saturated carbocycles. The van der Waals surface area contributed by atoms with Crippen LogP contribution in [0.5, 0.6) is 0 Å². The highest BCUT2D eigenvalue weighted by molar-refractivity contribution is 5.85. The maximum Gasteiger partial charge on any atom is 0.320 e. The Kier molecular flexibility index (Phi) is 7.27. The molecular formula is C17H26N4O4. The lowest BCUT2D eigenvalue weighted by Gasteiger charge is -2.31. The van der Waals surface area contributed by atoms with Crippen molar-refractivity contribution in [2.75, 3.05) is 20.2 Å². The fourth-order valence-corrected chi connectivity index (χ4v) is 3.11. The molecule has 2 N–H and O–H groups in total. The first kappa shape index (κ1) is 19.3. The van der Waals surface area contributed by atoms with Crippen LogP contribution >= 0.6 is 0 Å². The van der Waals surface area contributed by atoms with E-state index in [2.05, 4.69) is 15.3 Å². The zero-order chi connectivity index (χ0) is 18.2. The average Bonchev–Trinajstić information content (AvgIpc) is 3.09. The van der Waals surface area contributed by atoms with Gasteiger partial charge in [-0.3, -0.25) is 14.5 Å². The molecule has 138 valence electrons. The van der Waals surface area contributed by atoms with Gasteiger partial charge in [0.1, 0.15) is 5.82 Å². The highest BCUT2D eigenvalue weighted by Crippen LogP contribution is 2.18. The van der Waals surface area contributed by atoms with E-state index in [0.717, 1.165) is 38.5 Å². The Bertz CT molecular complexity index is 590. The van der Waals surface area contributed by atoms with Gasteiger partial charge in [0, 0.05) is 31.6 Å². The number of hydrogen-bond donors (Lipinski definition) is 2. The third-order valence-corrected chi connectivity index (χ3v) is 4.25. The molecule has 8 nitrogen and oxygen atoms in total. The molecule has 2 fully saturated rings. The molecule has 3 rings (SSSR count). The summed E-state index contributed by atoms with van der Waals surface area (Å²) in [5, 5.41) is 9.99. The minimum Gasteiger partial charge on any atom is -0.450 e. The standard InChI is InChI=1S/C16H22N4O3.CH4O/c1-11-6-7-17-14(18-11)9-20-8-13(23-15(21)10-20)16(22)19-12-4-2-3-5-12;1-2/h6-7,12-13H,2-5,8-10H2,1H3,(H,19,22);2H,1H3. The first-order valence-electron chi connectivity index (χ1n) is 8.55. The Balaban J connectivity index is 0.00000109. The molecule has 1 aromatic heterocycles. The summed E-state index contributed by atoms with van der Waals surface area (Å²) in [6.07, 6.45) is 5.25. The lowest BCUT2D eigenvalue weighted by atomic mass is 10.2. The molecule has 1 aliphatic heterocycles. The second-order valence-corrected chi connectivity index (χ2v) is 6.25. The van der Waals surface area contributed by atoms with Crippen molar-refractivity contribution in [3.63, 3.8) is 0 Å². The van der Waals surface area contributed by atoms with E-state index in [-0.39, 0.29) is 24.5 Å². The molecule has 2 heterocycles. The van der Waals surface area contributed by atoms with Crippen molar-refractivity contribution in [2.24, 2.45) is 0 Å². The van der Waals surface area contributed by atoms with E-state index in [9.17, 15) is 9.59 Å². The number of esters is 1. The Labute approximate surface area is 147 Å². The molecule has 0 bridgehead atoms. The molecule has 1 unspecified atom stereocenters. The number of rotatable bonds is 4. The number of aliphatic hydroxyl groups is 1. The van der Waals surface area contributed by atoms with Crippen LogP contribution in [0.15, 0.2) is 12.3 Å². The van der Waals surface area contributed by atoms with Crippen LogP contribution in [0.4, 0.5) is 0 Å². The van der Waals surface area contributed by atoms with Crippen molar-refractivity contribution in [3.05, 3.63) is 23.8 Å². The summed E-state index contributed by atoms with van der Waals surface area (Å²) >= 11 is 0. The number of ether oxygens (including phenoxy) is 1. The van der Waals surface area contributed by atoms with Gasteiger partial charge in [-0.15, -0.1) is 0 Å². The summed E-state index contributed by atoms with van der Waals surface area (Å²) in [5.41, 5.74) is 0.880. The summed E-state index contributed by atoms with van der Waals surface area (Å²) in [5.74, 6) is 0.0743. The Hall–Kier alpha value is -2.06. The van der Waals surface area contributed by atoms with Gasteiger partial charge >= 0.3 is 5.97 Å². The lowest BCUT2D eigenvalue weighted by Crippen LogP contribution is -2.53. The molecule has 0 radical (unpaired) electrons. The number of cyclic esters (lactones) is 1. The van der Waals surface area contributed by atoms with Crippen LogP contribution in [0.2, 0.25) is 0 Å². The van der Waals surface area contributed by atoms with E-state index in [1.165, 1.54) is 0 Å². The highest BCUT2D eigenvalue weighted by Gasteiger charge is 2.33. The topological polar surface area (TPSA) is 105 Å². The molecule has 1 aromatic rings. The number of morpholine rings is 1. The smallest absolute Gasteiger partial charge is 0.320 e. The summed E-state index contributed by atoms with van der Waals surface area (Å²) in [7, 11) is 1.00. The lowest BCUT2D eigenvalue weighted by molar-refractivity contribution is -0.165. The summed E-state index contributed by atoms with van der Waals surface area (Å²) < 4.78 is 5.22. The van der Waals surface area contributed by atoms with Gasteiger partial charge in [-0.2, -0.15) is 0 Å². The van der Waals surface area contributed by atoms with Gasteiger partial charge in [0.25, 0.3) is 5.91 Å². The third-order valence-electron chi connectivity index (χ3n) is 4.25. The Morgan fingerprint density at radius 3 is 2.80 bits per heavy atom. The monoisotopic (exact) mass is 350 g/mol. The predicted molar refractivity (Wildman–Crippen MR) is 90.5 cm³/mol. The van der Waals surface area contributed by atoms with Crippen molar-refractivity contribution in [1.29, 1.82) is 0 Å². The molecule has 8 heteroatoms. The van der Waals surface area contributed by atoms with Crippen LogP contribution in [0, 0.1) is 6.92 Å². The Morgan fingerprint density at radius 2 is 2.12 bits per heavy atom. The van der Waals surface area contributed by atoms with E-state index in [4.69, 9.17) is 9.84 Å². The van der Waals surface area contributed by atoms with Gasteiger partial charge < -0.3 is 15.2 Å². The van der Waals surface area contributed by atoms with Crippen LogP contribution in [0.25, 0.3) is 0 Å². The van der Waals surface area contributed by atoms with E-state index in [0.29, 0.717) is 18.9 Å². The van der Waals surface area contributed by atoms with E-state index in [1.54, 1.807) is 6.20 Å². The van der Waals surface area contributed by atoms with Crippen LogP contribution in [0.1, 0.15) is 37.2 Å². The van der Waals surface area contributed by atoms with Gasteiger partial charge in [-0.25, -0.2) is 9.97 Å². The molecule has 1 atom stereocenters. The Morgan fingerprint density at radius 1 is 1.40 bits per heavy atom. The van der Waals surface area contributed by atoms with Crippen LogP contribution in [-0.4, -0.2) is 64.2 Å². The number of aryl methyl sites for hydroxylation is 1. The summed E-state index contributed by atoms with van der Waals surface area (Å²) in [6, 6.07) is 2.04. The molecule has 1 saturated heterocycles. The van der Waals surface area contributed by atoms with E-state index >= 15 is 0 Å².